The largest absolute Gasteiger partial charge is 0.478 e. The highest BCUT2D eigenvalue weighted by molar-refractivity contribution is 5.67. The number of alkyl carbamates (subject to hydrolysis) is 1. The number of nitrogens with zero attached hydrogens (tertiary/aromatic N) is 3. The normalized spacial score (nSPS) is 18.4. The average Bonchev–Trinajstić information content (AvgIpc) is 3.36. The first kappa shape index (κ1) is 26.8. The summed E-state index contributed by atoms with van der Waals surface area (Å²) in [6.45, 7) is 13.0. The van der Waals surface area contributed by atoms with Gasteiger partial charge in [0, 0.05) is 30.6 Å². The summed E-state index contributed by atoms with van der Waals surface area (Å²) in [5.41, 5.74) is 6.55. The number of ether oxygens (including phenoxy) is 2. The minimum absolute atomic E-state index is 0.178. The summed E-state index contributed by atoms with van der Waals surface area (Å²) < 4.78 is 13.1. The van der Waals surface area contributed by atoms with E-state index in [1.807, 2.05) is 43.7 Å². The van der Waals surface area contributed by atoms with Crippen molar-refractivity contribution < 1.29 is 14.3 Å². The number of carbonyl (C=O) groups excluding carboxylic acids is 1. The number of carbonyl (C=O) groups is 1. The Balaban J connectivity index is 1.53. The fourth-order valence-electron chi connectivity index (χ4n) is 4.09. The predicted octanol–water partition coefficient (Wildman–Crippen LogP) is 5.06. The molecule has 2 aromatic rings. The molecule has 3 rings (SSSR count). The monoisotopic (exact) mass is 486 g/mol. The van der Waals surface area contributed by atoms with Gasteiger partial charge < -0.3 is 25.8 Å². The van der Waals surface area contributed by atoms with E-state index in [0.29, 0.717) is 30.8 Å². The molecule has 0 radical (unpaired) electrons. The van der Waals surface area contributed by atoms with Crippen molar-refractivity contribution in [3.63, 3.8) is 0 Å². The molecule has 9 nitrogen and oxygen atoms in total. The van der Waals surface area contributed by atoms with Gasteiger partial charge in [-0.1, -0.05) is 6.07 Å². The van der Waals surface area contributed by atoms with Gasteiger partial charge in [-0.15, -0.1) is 0 Å². The number of nitrogens with one attached hydrogen (secondary N) is 2. The van der Waals surface area contributed by atoms with Crippen LogP contribution in [0.15, 0.2) is 24.3 Å². The topological polar surface area (TPSA) is 116 Å². The van der Waals surface area contributed by atoms with Crippen LogP contribution in [0, 0.1) is 0 Å². The summed E-state index contributed by atoms with van der Waals surface area (Å²) in [4.78, 5) is 16.3. The van der Waals surface area contributed by atoms with Crippen molar-refractivity contribution in [1.29, 1.82) is 0 Å². The van der Waals surface area contributed by atoms with E-state index in [1.54, 1.807) is 0 Å². The van der Waals surface area contributed by atoms with Gasteiger partial charge in [-0.3, -0.25) is 0 Å². The molecule has 1 amide bonds. The van der Waals surface area contributed by atoms with Gasteiger partial charge in [0.05, 0.1) is 17.8 Å². The Morgan fingerprint density at radius 2 is 1.94 bits per heavy atom. The molecule has 2 atom stereocenters. The van der Waals surface area contributed by atoms with Gasteiger partial charge in [0.1, 0.15) is 17.2 Å². The van der Waals surface area contributed by atoms with Crippen molar-refractivity contribution in [2.24, 2.45) is 5.73 Å². The highest BCUT2D eigenvalue weighted by Crippen LogP contribution is 2.35. The van der Waals surface area contributed by atoms with Crippen LogP contribution in [0.2, 0.25) is 0 Å². The fraction of sp³-hybridized carbons (Fsp3) is 0.654. The molecule has 1 saturated carbocycles. The maximum atomic E-state index is 11.7. The minimum atomic E-state index is -0.492. The lowest BCUT2D eigenvalue weighted by molar-refractivity contribution is 0.0526. The van der Waals surface area contributed by atoms with Crippen molar-refractivity contribution >= 4 is 17.7 Å². The molecule has 0 aromatic carbocycles. The molecule has 9 heteroatoms. The Labute approximate surface area is 209 Å². The number of anilines is 2. The molecule has 1 aliphatic carbocycles. The summed E-state index contributed by atoms with van der Waals surface area (Å²) in [5, 5.41) is 11.1. The molecule has 2 aromatic heterocycles. The van der Waals surface area contributed by atoms with E-state index in [1.165, 1.54) is 0 Å². The molecule has 2 heterocycles. The lowest BCUT2D eigenvalue weighted by atomic mass is 10.0. The van der Waals surface area contributed by atoms with Crippen LogP contribution in [0.5, 0.6) is 5.88 Å². The van der Waals surface area contributed by atoms with Gasteiger partial charge in [0.25, 0.3) is 0 Å². The molecular weight excluding hydrogens is 444 g/mol. The zero-order valence-corrected chi connectivity index (χ0v) is 22.1. The average molecular weight is 487 g/mol. The van der Waals surface area contributed by atoms with Gasteiger partial charge >= 0.3 is 6.09 Å². The van der Waals surface area contributed by atoms with Gasteiger partial charge in [0.15, 0.2) is 0 Å². The van der Waals surface area contributed by atoms with Crippen molar-refractivity contribution in [3.8, 4) is 5.88 Å². The Hall–Kier alpha value is -2.81. The highest BCUT2D eigenvalue weighted by atomic mass is 16.6. The van der Waals surface area contributed by atoms with Crippen molar-refractivity contribution in [2.45, 2.75) is 96.7 Å². The van der Waals surface area contributed by atoms with Crippen LogP contribution in [-0.4, -0.2) is 45.7 Å². The molecule has 0 saturated heterocycles. The second-order valence-corrected chi connectivity index (χ2v) is 11.3. The summed E-state index contributed by atoms with van der Waals surface area (Å²) in [6, 6.07) is 8.07. The van der Waals surface area contributed by atoms with Crippen LogP contribution in [-0.2, 0) is 10.3 Å². The number of unbranched alkanes of at least 4 members (excludes halogenated alkanes) is 1. The maximum absolute atomic E-state index is 11.7. The lowest BCUT2D eigenvalue weighted by Crippen LogP contribution is -2.33. The Bertz CT molecular complexity index is 976. The first-order valence-electron chi connectivity index (χ1n) is 12.6. The van der Waals surface area contributed by atoms with Crippen molar-refractivity contribution in [2.75, 3.05) is 18.5 Å². The molecule has 1 fully saturated rings. The van der Waals surface area contributed by atoms with Crippen LogP contribution in [0.25, 0.3) is 0 Å². The summed E-state index contributed by atoms with van der Waals surface area (Å²) >= 11 is 0. The quantitative estimate of drug-likeness (QED) is 0.424. The number of hydrogen-bond donors (Lipinski definition) is 3. The third-order valence-electron chi connectivity index (χ3n) is 5.72. The number of pyridine rings is 1. The maximum Gasteiger partial charge on any atom is 0.407 e. The second-order valence-electron chi connectivity index (χ2n) is 11.3. The fourth-order valence-corrected chi connectivity index (χ4v) is 4.09. The van der Waals surface area contributed by atoms with E-state index in [9.17, 15) is 4.79 Å². The van der Waals surface area contributed by atoms with Gasteiger partial charge in [0.2, 0.25) is 5.88 Å². The molecule has 0 spiro atoms. The van der Waals surface area contributed by atoms with Crippen LogP contribution < -0.4 is 21.1 Å². The first-order chi connectivity index (χ1) is 16.4. The molecular formula is C26H42N6O3. The van der Waals surface area contributed by atoms with E-state index in [2.05, 4.69) is 42.5 Å². The molecule has 0 aliphatic heterocycles. The predicted molar refractivity (Wildman–Crippen MR) is 138 cm³/mol. The van der Waals surface area contributed by atoms with Gasteiger partial charge in [-0.05, 0) is 79.7 Å². The summed E-state index contributed by atoms with van der Waals surface area (Å²) in [6.07, 6.45) is 4.29. The van der Waals surface area contributed by atoms with Crippen LogP contribution in [0.4, 0.5) is 16.4 Å². The van der Waals surface area contributed by atoms with E-state index in [4.69, 9.17) is 20.3 Å². The van der Waals surface area contributed by atoms with Crippen molar-refractivity contribution in [1.82, 2.24) is 20.1 Å². The molecule has 35 heavy (non-hydrogen) atoms. The zero-order chi connectivity index (χ0) is 25.6. The zero-order valence-electron chi connectivity index (χ0n) is 22.1. The summed E-state index contributed by atoms with van der Waals surface area (Å²) in [5.74, 6) is 2.57. The summed E-state index contributed by atoms with van der Waals surface area (Å²) in [7, 11) is 0. The van der Waals surface area contributed by atoms with E-state index in [0.717, 1.165) is 43.6 Å². The molecule has 1 aliphatic rings. The minimum Gasteiger partial charge on any atom is -0.478 e. The van der Waals surface area contributed by atoms with E-state index < -0.39 is 11.7 Å². The molecule has 194 valence electrons. The number of aromatic nitrogens is 3. The number of rotatable bonds is 9. The first-order valence-corrected chi connectivity index (χ1v) is 12.6. The lowest BCUT2D eigenvalue weighted by Gasteiger charge is -2.22. The Morgan fingerprint density at radius 3 is 2.60 bits per heavy atom. The molecule has 4 N–H and O–H groups in total. The number of amides is 1. The van der Waals surface area contributed by atoms with Crippen LogP contribution >= 0.6 is 0 Å². The second kappa shape index (κ2) is 11.3. The molecule has 0 unspecified atom stereocenters. The Morgan fingerprint density at radius 1 is 1.17 bits per heavy atom. The standard InChI is InChI=1S/C26H42N6O3/c1-25(2,3)32-22(17-20(31-32)18-12-13-19(27)16-18)29-21-10-9-11-23(30-21)34-15-8-7-14-28-24(33)35-26(4,5)6/h9-11,17-19H,7-8,12-16,27H2,1-6H3,(H,28,33)(H,29,30)/t18-,19+/m0/s1. The van der Waals surface area contributed by atoms with E-state index in [-0.39, 0.29) is 11.6 Å². The van der Waals surface area contributed by atoms with Gasteiger partial charge in [-0.25, -0.2) is 9.48 Å². The Kier molecular flexibility index (Phi) is 8.64. The van der Waals surface area contributed by atoms with Crippen molar-refractivity contribution in [3.05, 3.63) is 30.0 Å². The SMILES string of the molecule is CC(C)(C)OC(=O)NCCCCOc1cccc(Nc2cc([C@H]3CC[C@@H](N)C3)nn2C(C)(C)C)n1. The smallest absolute Gasteiger partial charge is 0.407 e. The van der Waals surface area contributed by atoms with Crippen LogP contribution in [0.1, 0.15) is 85.3 Å². The molecule has 0 bridgehead atoms. The highest BCUT2D eigenvalue weighted by Gasteiger charge is 2.28. The third kappa shape index (κ3) is 8.42. The van der Waals surface area contributed by atoms with Crippen LogP contribution in [0.3, 0.4) is 0 Å². The number of nitrogens with two attached hydrogens (primary N) is 1. The van der Waals surface area contributed by atoms with Gasteiger partial charge in [-0.2, -0.15) is 10.1 Å². The number of hydrogen-bond acceptors (Lipinski definition) is 7. The van der Waals surface area contributed by atoms with E-state index >= 15 is 0 Å². The third-order valence-corrected chi connectivity index (χ3v) is 5.72.